The van der Waals surface area contributed by atoms with E-state index in [0.717, 1.165) is 0 Å². The van der Waals surface area contributed by atoms with E-state index in [9.17, 15) is 9.59 Å². The maximum atomic E-state index is 12.5. The van der Waals surface area contributed by atoms with E-state index in [1.54, 1.807) is 36.7 Å². The van der Waals surface area contributed by atoms with Gasteiger partial charge in [-0.3, -0.25) is 14.6 Å². The average Bonchev–Trinajstić information content (AvgIpc) is 3.04. The number of hydrogen-bond donors (Lipinski definition) is 1. The van der Waals surface area contributed by atoms with Crippen molar-refractivity contribution in [3.63, 3.8) is 0 Å². The van der Waals surface area contributed by atoms with Crippen LogP contribution in [-0.2, 0) is 9.59 Å². The number of anilines is 2. The summed E-state index contributed by atoms with van der Waals surface area (Å²) in [6, 6.07) is 6.70. The quantitative estimate of drug-likeness (QED) is 0.869. The van der Waals surface area contributed by atoms with E-state index in [1.165, 1.54) is 19.1 Å². The number of amides is 2. The number of pyridine rings is 1. The van der Waals surface area contributed by atoms with E-state index >= 15 is 0 Å². The van der Waals surface area contributed by atoms with Crippen LogP contribution in [0.25, 0.3) is 0 Å². The molecule has 1 saturated heterocycles. The third-order valence-corrected chi connectivity index (χ3v) is 4.46. The molecule has 8 heteroatoms. The molecular formula is C18H18ClN3O4. The van der Waals surface area contributed by atoms with E-state index in [4.69, 9.17) is 21.1 Å². The Labute approximate surface area is 155 Å². The minimum absolute atomic E-state index is 0.110. The zero-order valence-electron chi connectivity index (χ0n) is 14.4. The van der Waals surface area contributed by atoms with Gasteiger partial charge < -0.3 is 19.7 Å². The number of nitrogens with one attached hydrogen (secondary N) is 1. The lowest BCUT2D eigenvalue weighted by molar-refractivity contribution is -0.122. The number of carbonyl (C=O) groups excluding carboxylic acids is 2. The van der Waals surface area contributed by atoms with Gasteiger partial charge in [-0.15, -0.1) is 0 Å². The van der Waals surface area contributed by atoms with Crippen LogP contribution in [0.1, 0.15) is 6.42 Å². The zero-order valence-corrected chi connectivity index (χ0v) is 15.1. The third kappa shape index (κ3) is 3.57. The molecule has 1 aliphatic heterocycles. The Bertz CT molecular complexity index is 829. The second-order valence-electron chi connectivity index (χ2n) is 5.79. The summed E-state index contributed by atoms with van der Waals surface area (Å²) < 4.78 is 10.5. The van der Waals surface area contributed by atoms with Crippen molar-refractivity contribution >= 4 is 34.8 Å². The van der Waals surface area contributed by atoms with Gasteiger partial charge in [0.2, 0.25) is 11.8 Å². The molecule has 0 spiro atoms. The summed E-state index contributed by atoms with van der Waals surface area (Å²) in [5.74, 6) is 0.0225. The van der Waals surface area contributed by atoms with Crippen LogP contribution in [0.15, 0.2) is 36.7 Å². The van der Waals surface area contributed by atoms with Gasteiger partial charge in [0.25, 0.3) is 0 Å². The van der Waals surface area contributed by atoms with E-state index in [2.05, 4.69) is 10.3 Å². The highest BCUT2D eigenvalue weighted by Crippen LogP contribution is 2.40. The largest absolute Gasteiger partial charge is 0.495 e. The number of benzene rings is 1. The van der Waals surface area contributed by atoms with Gasteiger partial charge in [0, 0.05) is 25.2 Å². The van der Waals surface area contributed by atoms with Crippen molar-refractivity contribution in [1.82, 2.24) is 4.98 Å². The topological polar surface area (TPSA) is 80.8 Å². The molecule has 1 aromatic carbocycles. The van der Waals surface area contributed by atoms with Crippen LogP contribution in [0.4, 0.5) is 11.4 Å². The number of carbonyl (C=O) groups is 2. The van der Waals surface area contributed by atoms with Crippen LogP contribution in [0, 0.1) is 5.92 Å². The molecule has 26 heavy (non-hydrogen) atoms. The van der Waals surface area contributed by atoms with Gasteiger partial charge in [-0.25, -0.2) is 0 Å². The molecule has 2 heterocycles. The van der Waals surface area contributed by atoms with Gasteiger partial charge >= 0.3 is 0 Å². The molecule has 1 aromatic heterocycles. The summed E-state index contributed by atoms with van der Waals surface area (Å²) in [5, 5.41) is 3.14. The zero-order chi connectivity index (χ0) is 18.7. The number of ether oxygens (including phenoxy) is 2. The molecule has 1 N–H and O–H groups in total. The molecule has 1 atom stereocenters. The lowest BCUT2D eigenvalue weighted by atomic mass is 10.1. The van der Waals surface area contributed by atoms with Gasteiger partial charge in [-0.05, 0) is 18.2 Å². The van der Waals surface area contributed by atoms with Crippen LogP contribution in [0.5, 0.6) is 11.5 Å². The van der Waals surface area contributed by atoms with Crippen LogP contribution in [-0.4, -0.2) is 37.6 Å². The fourth-order valence-corrected chi connectivity index (χ4v) is 3.09. The molecule has 7 nitrogen and oxygen atoms in total. The summed E-state index contributed by atoms with van der Waals surface area (Å²) in [7, 11) is 3.00. The Morgan fingerprint density at radius 2 is 2.08 bits per heavy atom. The number of hydrogen-bond acceptors (Lipinski definition) is 5. The number of rotatable bonds is 5. The standard InChI is InChI=1S/C18H18ClN3O4/c1-25-15-8-16(26-2)14(7-13(15)19)22-10-11(6-17(22)23)18(24)21-12-4-3-5-20-9-12/h3-5,7-9,11H,6,10H2,1-2H3,(H,21,24)/t11-/m1/s1. The van der Waals surface area contributed by atoms with Crippen molar-refractivity contribution in [2.75, 3.05) is 31.0 Å². The van der Waals surface area contributed by atoms with Crippen molar-refractivity contribution in [2.45, 2.75) is 6.42 Å². The highest BCUT2D eigenvalue weighted by Gasteiger charge is 2.36. The third-order valence-electron chi connectivity index (χ3n) is 4.17. The van der Waals surface area contributed by atoms with Crippen molar-refractivity contribution in [2.24, 2.45) is 5.92 Å². The lowest BCUT2D eigenvalue weighted by Gasteiger charge is -2.21. The first-order valence-electron chi connectivity index (χ1n) is 7.96. The Balaban J connectivity index is 1.80. The predicted octanol–water partition coefficient (Wildman–Crippen LogP) is 2.74. The Kier molecular flexibility index (Phi) is 5.27. The van der Waals surface area contributed by atoms with Gasteiger partial charge in [-0.1, -0.05) is 11.6 Å². The van der Waals surface area contributed by atoms with Gasteiger partial charge in [0.1, 0.15) is 11.5 Å². The maximum Gasteiger partial charge on any atom is 0.229 e. The van der Waals surface area contributed by atoms with Crippen LogP contribution >= 0.6 is 11.6 Å². The summed E-state index contributed by atoms with van der Waals surface area (Å²) in [4.78, 5) is 30.4. The highest BCUT2D eigenvalue weighted by atomic mass is 35.5. The summed E-state index contributed by atoms with van der Waals surface area (Å²) >= 11 is 6.19. The molecular weight excluding hydrogens is 358 g/mol. The average molecular weight is 376 g/mol. The molecule has 0 bridgehead atoms. The van der Waals surface area contributed by atoms with E-state index in [0.29, 0.717) is 27.9 Å². The molecule has 0 radical (unpaired) electrons. The molecule has 1 fully saturated rings. The Morgan fingerprint density at radius 3 is 2.73 bits per heavy atom. The molecule has 136 valence electrons. The normalized spacial score (nSPS) is 16.5. The SMILES string of the molecule is COc1cc(OC)c(N2C[C@H](C(=O)Nc3cccnc3)CC2=O)cc1Cl. The van der Waals surface area contributed by atoms with Gasteiger partial charge in [0.05, 0.1) is 42.7 Å². The first-order chi connectivity index (χ1) is 12.5. The van der Waals surface area contributed by atoms with E-state index in [1.807, 2.05) is 0 Å². The van der Waals surface area contributed by atoms with Crippen molar-refractivity contribution in [1.29, 1.82) is 0 Å². The first kappa shape index (κ1) is 18.0. The van der Waals surface area contributed by atoms with Crippen LogP contribution in [0.3, 0.4) is 0 Å². The summed E-state index contributed by atoms with van der Waals surface area (Å²) in [6.45, 7) is 0.240. The molecule has 0 saturated carbocycles. The second-order valence-corrected chi connectivity index (χ2v) is 6.20. The maximum absolute atomic E-state index is 12.5. The molecule has 2 aromatic rings. The molecule has 2 amide bonds. The monoisotopic (exact) mass is 375 g/mol. The van der Waals surface area contributed by atoms with Gasteiger partial charge in [-0.2, -0.15) is 0 Å². The van der Waals surface area contributed by atoms with Crippen molar-refractivity contribution < 1.29 is 19.1 Å². The smallest absolute Gasteiger partial charge is 0.229 e. The Morgan fingerprint density at radius 1 is 1.31 bits per heavy atom. The number of nitrogens with zero attached hydrogens (tertiary/aromatic N) is 2. The second kappa shape index (κ2) is 7.61. The molecule has 3 rings (SSSR count). The highest BCUT2D eigenvalue weighted by molar-refractivity contribution is 6.32. The minimum atomic E-state index is -0.478. The van der Waals surface area contributed by atoms with Crippen LogP contribution < -0.4 is 19.7 Å². The van der Waals surface area contributed by atoms with E-state index in [-0.39, 0.29) is 24.8 Å². The Hall–Kier alpha value is -2.80. The molecule has 0 unspecified atom stereocenters. The first-order valence-corrected chi connectivity index (χ1v) is 8.34. The number of halogens is 1. The summed E-state index contributed by atoms with van der Waals surface area (Å²) in [5.41, 5.74) is 1.11. The fourth-order valence-electron chi connectivity index (χ4n) is 2.85. The fraction of sp³-hybridized carbons (Fsp3) is 0.278. The summed E-state index contributed by atoms with van der Waals surface area (Å²) in [6.07, 6.45) is 3.29. The lowest BCUT2D eigenvalue weighted by Crippen LogP contribution is -2.28. The minimum Gasteiger partial charge on any atom is -0.495 e. The van der Waals surface area contributed by atoms with Gasteiger partial charge in [0.15, 0.2) is 0 Å². The van der Waals surface area contributed by atoms with Crippen molar-refractivity contribution in [3.8, 4) is 11.5 Å². The van der Waals surface area contributed by atoms with Crippen molar-refractivity contribution in [3.05, 3.63) is 41.7 Å². The predicted molar refractivity (Wildman–Crippen MR) is 97.9 cm³/mol. The molecule has 1 aliphatic rings. The number of methoxy groups -OCH3 is 2. The van der Waals surface area contributed by atoms with Crippen LogP contribution in [0.2, 0.25) is 5.02 Å². The molecule has 0 aliphatic carbocycles. The number of aromatic nitrogens is 1. The van der Waals surface area contributed by atoms with E-state index < -0.39 is 5.92 Å².